The van der Waals surface area contributed by atoms with E-state index in [1.807, 2.05) is 18.0 Å². The summed E-state index contributed by atoms with van der Waals surface area (Å²) in [5, 5.41) is 8.93. The summed E-state index contributed by atoms with van der Waals surface area (Å²) in [5.74, 6) is -0.467. The van der Waals surface area contributed by atoms with E-state index in [0.717, 1.165) is 12.2 Å². The highest BCUT2D eigenvalue weighted by Crippen LogP contribution is 2.33. The molecule has 1 aromatic rings. The molecule has 0 aliphatic carbocycles. The molecule has 0 atom stereocenters. The fourth-order valence-corrected chi connectivity index (χ4v) is 1.55. The Balaban J connectivity index is 0.00000112. The van der Waals surface area contributed by atoms with E-state index in [4.69, 9.17) is 9.84 Å². The number of rotatable bonds is 1. The highest BCUT2D eigenvalue weighted by Gasteiger charge is 2.20. The van der Waals surface area contributed by atoms with Crippen LogP contribution in [0.15, 0.2) is 18.2 Å². The lowest BCUT2D eigenvalue weighted by Gasteiger charge is -2.28. The van der Waals surface area contributed by atoms with E-state index in [9.17, 15) is 4.79 Å². The number of para-hydroxylation sites is 1. The first kappa shape index (κ1) is 11.7. The van der Waals surface area contributed by atoms with Crippen LogP contribution >= 0.6 is 12.4 Å². The van der Waals surface area contributed by atoms with Crippen molar-refractivity contribution < 1.29 is 14.6 Å². The monoisotopic (exact) mass is 229 g/mol. The van der Waals surface area contributed by atoms with Crippen LogP contribution in [-0.4, -0.2) is 31.3 Å². The van der Waals surface area contributed by atoms with E-state index in [2.05, 4.69) is 0 Å². The van der Waals surface area contributed by atoms with Crippen LogP contribution in [0.4, 0.5) is 5.69 Å². The Hall–Kier alpha value is -1.42. The molecule has 2 rings (SSSR count). The molecule has 0 spiro atoms. The lowest BCUT2D eigenvalue weighted by atomic mass is 10.1. The fourth-order valence-electron chi connectivity index (χ4n) is 1.55. The highest BCUT2D eigenvalue weighted by molar-refractivity contribution is 5.93. The Bertz CT molecular complexity index is 381. The summed E-state index contributed by atoms with van der Waals surface area (Å²) < 4.78 is 5.36. The van der Waals surface area contributed by atoms with E-state index < -0.39 is 5.97 Å². The number of benzene rings is 1. The van der Waals surface area contributed by atoms with E-state index in [-0.39, 0.29) is 18.0 Å². The fraction of sp³-hybridized carbons (Fsp3) is 0.300. The summed E-state index contributed by atoms with van der Waals surface area (Å²) >= 11 is 0. The molecule has 4 nitrogen and oxygen atoms in total. The van der Waals surface area contributed by atoms with E-state index in [0.29, 0.717) is 12.4 Å². The van der Waals surface area contributed by atoms with Crippen molar-refractivity contribution in [3.8, 4) is 5.75 Å². The summed E-state index contributed by atoms with van der Waals surface area (Å²) in [6.45, 7) is 1.32. The van der Waals surface area contributed by atoms with Crippen molar-refractivity contribution in [1.29, 1.82) is 0 Å². The molecule has 1 aliphatic rings. The highest BCUT2D eigenvalue weighted by atomic mass is 35.5. The van der Waals surface area contributed by atoms with Gasteiger partial charge in [0.1, 0.15) is 12.2 Å². The van der Waals surface area contributed by atoms with Crippen LogP contribution in [0.3, 0.4) is 0 Å². The number of likely N-dealkylation sites (N-methyl/N-ethyl adjacent to an activating group) is 1. The van der Waals surface area contributed by atoms with Gasteiger partial charge in [0.05, 0.1) is 12.2 Å². The molecule has 0 aromatic heterocycles. The number of nitrogens with zero attached hydrogens (tertiary/aromatic N) is 1. The van der Waals surface area contributed by atoms with Crippen LogP contribution < -0.4 is 9.64 Å². The first-order valence-corrected chi connectivity index (χ1v) is 4.40. The maximum absolute atomic E-state index is 10.9. The van der Waals surface area contributed by atoms with Crippen LogP contribution in [-0.2, 0) is 0 Å². The second-order valence-corrected chi connectivity index (χ2v) is 3.23. The van der Waals surface area contributed by atoms with Gasteiger partial charge in [-0.3, -0.25) is 0 Å². The van der Waals surface area contributed by atoms with Gasteiger partial charge < -0.3 is 14.7 Å². The maximum atomic E-state index is 10.9. The van der Waals surface area contributed by atoms with Crippen molar-refractivity contribution in [2.75, 3.05) is 25.1 Å². The lowest BCUT2D eigenvalue weighted by Crippen LogP contribution is -2.29. The molecule has 0 fully saturated rings. The minimum atomic E-state index is -0.947. The molecule has 1 aromatic carbocycles. The molecule has 15 heavy (non-hydrogen) atoms. The molecule has 1 N–H and O–H groups in total. The first-order chi connectivity index (χ1) is 6.70. The van der Waals surface area contributed by atoms with Crippen molar-refractivity contribution in [2.45, 2.75) is 0 Å². The molecule has 1 heterocycles. The average molecular weight is 230 g/mol. The summed E-state index contributed by atoms with van der Waals surface area (Å²) in [6, 6.07) is 5.15. The van der Waals surface area contributed by atoms with Gasteiger partial charge in [-0.2, -0.15) is 0 Å². The molecule has 1 aliphatic heterocycles. The Morgan fingerprint density at radius 2 is 2.27 bits per heavy atom. The smallest absolute Gasteiger partial charge is 0.339 e. The number of hydrogen-bond donors (Lipinski definition) is 1. The van der Waals surface area contributed by atoms with Crippen LogP contribution in [0.5, 0.6) is 5.75 Å². The predicted octanol–water partition coefficient (Wildman–Crippen LogP) is 1.64. The molecular weight excluding hydrogens is 218 g/mol. The molecular formula is C10H12ClNO3. The topological polar surface area (TPSA) is 49.8 Å². The number of aromatic carboxylic acids is 1. The van der Waals surface area contributed by atoms with E-state index in [1.54, 1.807) is 12.1 Å². The zero-order chi connectivity index (χ0) is 10.1. The van der Waals surface area contributed by atoms with Crippen molar-refractivity contribution in [3.63, 3.8) is 0 Å². The number of hydrogen-bond acceptors (Lipinski definition) is 3. The van der Waals surface area contributed by atoms with Crippen molar-refractivity contribution >= 4 is 24.1 Å². The normalized spacial score (nSPS) is 13.5. The molecule has 0 saturated heterocycles. The van der Waals surface area contributed by atoms with Crippen molar-refractivity contribution in [3.05, 3.63) is 23.8 Å². The van der Waals surface area contributed by atoms with Crippen LogP contribution in [0.2, 0.25) is 0 Å². The Kier molecular flexibility index (Phi) is 3.42. The SMILES string of the molecule is CN1CCOc2c(C(=O)O)cccc21.Cl. The van der Waals surface area contributed by atoms with Gasteiger partial charge in [-0.25, -0.2) is 4.79 Å². The molecule has 5 heteroatoms. The number of fused-ring (bicyclic) bond motifs is 1. The largest absolute Gasteiger partial charge is 0.489 e. The number of carbonyl (C=O) groups is 1. The zero-order valence-electron chi connectivity index (χ0n) is 8.27. The van der Waals surface area contributed by atoms with Crippen molar-refractivity contribution in [1.82, 2.24) is 0 Å². The van der Waals surface area contributed by atoms with E-state index >= 15 is 0 Å². The quantitative estimate of drug-likeness (QED) is 0.795. The van der Waals surface area contributed by atoms with E-state index in [1.165, 1.54) is 0 Å². The minimum Gasteiger partial charge on any atom is -0.489 e. The summed E-state index contributed by atoms with van der Waals surface area (Å²) in [5.41, 5.74) is 1.07. The predicted molar refractivity (Wildman–Crippen MR) is 59.4 cm³/mol. The van der Waals surface area contributed by atoms with Gasteiger partial charge in [0.25, 0.3) is 0 Å². The third kappa shape index (κ3) is 1.99. The Morgan fingerprint density at radius 1 is 1.53 bits per heavy atom. The van der Waals surface area contributed by atoms with Gasteiger partial charge in [-0.1, -0.05) is 6.07 Å². The number of anilines is 1. The lowest BCUT2D eigenvalue weighted by molar-refractivity contribution is 0.0692. The number of ether oxygens (including phenoxy) is 1. The summed E-state index contributed by atoms with van der Waals surface area (Å²) in [7, 11) is 1.92. The second kappa shape index (κ2) is 4.40. The molecule has 0 radical (unpaired) electrons. The van der Waals surface area contributed by atoms with Gasteiger partial charge in [-0.05, 0) is 12.1 Å². The van der Waals surface area contributed by atoms with Crippen molar-refractivity contribution in [2.24, 2.45) is 0 Å². The standard InChI is InChI=1S/C10H11NO3.ClH/c1-11-5-6-14-9-7(10(12)13)3-2-4-8(9)11;/h2-4H,5-6H2,1H3,(H,12,13);1H. The molecule has 0 unspecified atom stereocenters. The number of halogens is 1. The average Bonchev–Trinajstić information content (AvgIpc) is 2.17. The van der Waals surface area contributed by atoms with Gasteiger partial charge in [0.15, 0.2) is 5.75 Å². The van der Waals surface area contributed by atoms with Crippen LogP contribution in [0.25, 0.3) is 0 Å². The number of carboxylic acids is 1. The maximum Gasteiger partial charge on any atom is 0.339 e. The zero-order valence-corrected chi connectivity index (χ0v) is 9.08. The number of carboxylic acid groups (broad SMARTS) is 1. The molecule has 82 valence electrons. The minimum absolute atomic E-state index is 0. The summed E-state index contributed by atoms with van der Waals surface area (Å²) in [4.78, 5) is 12.9. The second-order valence-electron chi connectivity index (χ2n) is 3.23. The van der Waals surface area contributed by atoms with Gasteiger partial charge in [0, 0.05) is 7.05 Å². The van der Waals surface area contributed by atoms with Gasteiger partial charge >= 0.3 is 5.97 Å². The van der Waals surface area contributed by atoms with Crippen LogP contribution in [0.1, 0.15) is 10.4 Å². The third-order valence-corrected chi connectivity index (χ3v) is 2.31. The molecule has 0 saturated carbocycles. The molecule has 0 bridgehead atoms. The van der Waals surface area contributed by atoms with Crippen LogP contribution in [0, 0.1) is 0 Å². The third-order valence-electron chi connectivity index (χ3n) is 2.31. The molecule has 0 amide bonds. The first-order valence-electron chi connectivity index (χ1n) is 4.40. The Labute approximate surface area is 93.9 Å². The Morgan fingerprint density at radius 3 is 2.93 bits per heavy atom. The summed E-state index contributed by atoms with van der Waals surface area (Å²) in [6.07, 6.45) is 0. The van der Waals surface area contributed by atoms with Gasteiger partial charge in [-0.15, -0.1) is 12.4 Å². The van der Waals surface area contributed by atoms with Gasteiger partial charge in [0.2, 0.25) is 0 Å².